The van der Waals surface area contributed by atoms with Gasteiger partial charge in [-0.05, 0) is 43.7 Å². The van der Waals surface area contributed by atoms with Crippen molar-refractivity contribution in [2.45, 2.75) is 53.4 Å². The van der Waals surface area contributed by atoms with E-state index in [1.807, 2.05) is 6.92 Å². The standard InChI is InChI=1S/C20H34N4O.HI/c1-7-22-18(24-14-20(5,6)17(21)25)23-13-12-15-8-10-16(11-9-15)19(2,3)4;/h8-11H,7,12-14H2,1-6H3,(H2,21,25)(H2,22,23,24);1H. The lowest BCUT2D eigenvalue weighted by atomic mass is 9.86. The van der Waals surface area contributed by atoms with Gasteiger partial charge in [-0.15, -0.1) is 24.0 Å². The van der Waals surface area contributed by atoms with Crippen molar-refractivity contribution in [1.29, 1.82) is 0 Å². The third kappa shape index (κ3) is 8.38. The summed E-state index contributed by atoms with van der Waals surface area (Å²) < 4.78 is 0. The maximum absolute atomic E-state index is 11.4. The van der Waals surface area contributed by atoms with E-state index in [9.17, 15) is 4.79 Å². The van der Waals surface area contributed by atoms with Gasteiger partial charge in [-0.3, -0.25) is 9.79 Å². The third-order valence-electron chi connectivity index (χ3n) is 4.17. The Bertz CT molecular complexity index is 589. The van der Waals surface area contributed by atoms with E-state index in [0.717, 1.165) is 19.5 Å². The topological polar surface area (TPSA) is 79.5 Å². The van der Waals surface area contributed by atoms with Gasteiger partial charge in [0.1, 0.15) is 0 Å². The number of hydrogen-bond acceptors (Lipinski definition) is 2. The predicted molar refractivity (Wildman–Crippen MR) is 121 cm³/mol. The number of aliphatic imine (C=N–C) groups is 1. The van der Waals surface area contributed by atoms with Gasteiger partial charge < -0.3 is 16.4 Å². The van der Waals surface area contributed by atoms with Crippen molar-refractivity contribution >= 4 is 35.8 Å². The van der Waals surface area contributed by atoms with Gasteiger partial charge >= 0.3 is 0 Å². The van der Waals surface area contributed by atoms with E-state index >= 15 is 0 Å². The highest BCUT2D eigenvalue weighted by atomic mass is 127. The summed E-state index contributed by atoms with van der Waals surface area (Å²) in [5, 5.41) is 6.51. The molecule has 1 rings (SSSR count). The van der Waals surface area contributed by atoms with E-state index in [0.29, 0.717) is 12.5 Å². The fraction of sp³-hybridized carbons (Fsp3) is 0.600. The monoisotopic (exact) mass is 474 g/mol. The third-order valence-corrected chi connectivity index (χ3v) is 4.17. The van der Waals surface area contributed by atoms with Crippen LogP contribution in [0.3, 0.4) is 0 Å². The Balaban J connectivity index is 0.00000625. The molecular weight excluding hydrogens is 439 g/mol. The average Bonchev–Trinajstić information content (AvgIpc) is 2.52. The van der Waals surface area contributed by atoms with Gasteiger partial charge in [0.2, 0.25) is 5.91 Å². The molecule has 0 aliphatic heterocycles. The second-order valence-electron chi connectivity index (χ2n) is 8.07. The largest absolute Gasteiger partial charge is 0.369 e. The van der Waals surface area contributed by atoms with Crippen LogP contribution in [0.4, 0.5) is 0 Å². The highest BCUT2D eigenvalue weighted by Gasteiger charge is 2.24. The molecule has 4 N–H and O–H groups in total. The average molecular weight is 474 g/mol. The molecule has 0 aliphatic carbocycles. The Morgan fingerprint density at radius 1 is 1.08 bits per heavy atom. The maximum Gasteiger partial charge on any atom is 0.224 e. The van der Waals surface area contributed by atoms with E-state index in [4.69, 9.17) is 5.73 Å². The Labute approximate surface area is 175 Å². The van der Waals surface area contributed by atoms with E-state index in [-0.39, 0.29) is 35.3 Å². The lowest BCUT2D eigenvalue weighted by Crippen LogP contribution is -2.40. The minimum Gasteiger partial charge on any atom is -0.369 e. The van der Waals surface area contributed by atoms with Crippen LogP contribution in [0.25, 0.3) is 0 Å². The number of benzene rings is 1. The van der Waals surface area contributed by atoms with Gasteiger partial charge in [0, 0.05) is 13.1 Å². The molecule has 0 aliphatic rings. The number of primary amides is 1. The van der Waals surface area contributed by atoms with Gasteiger partial charge in [-0.2, -0.15) is 0 Å². The number of hydrogen-bond donors (Lipinski definition) is 3. The summed E-state index contributed by atoms with van der Waals surface area (Å²) in [6.07, 6.45) is 0.911. The van der Waals surface area contributed by atoms with Crippen molar-refractivity contribution in [1.82, 2.24) is 10.6 Å². The first kappa shape index (κ1) is 24.7. The fourth-order valence-corrected chi connectivity index (χ4v) is 2.19. The molecule has 1 aromatic rings. The van der Waals surface area contributed by atoms with Crippen molar-refractivity contribution in [3.8, 4) is 0 Å². The Morgan fingerprint density at radius 3 is 2.12 bits per heavy atom. The van der Waals surface area contributed by atoms with Crippen LogP contribution in [0, 0.1) is 5.41 Å². The van der Waals surface area contributed by atoms with Crippen LogP contribution in [0.15, 0.2) is 29.3 Å². The first-order chi connectivity index (χ1) is 11.6. The van der Waals surface area contributed by atoms with Crippen molar-refractivity contribution < 1.29 is 4.79 Å². The first-order valence-electron chi connectivity index (χ1n) is 8.98. The highest BCUT2D eigenvalue weighted by Crippen LogP contribution is 2.22. The summed E-state index contributed by atoms with van der Waals surface area (Å²) in [7, 11) is 0. The van der Waals surface area contributed by atoms with Crippen LogP contribution in [0.1, 0.15) is 52.7 Å². The number of nitrogens with zero attached hydrogens (tertiary/aromatic N) is 1. The quantitative estimate of drug-likeness (QED) is 0.323. The van der Waals surface area contributed by atoms with E-state index < -0.39 is 5.41 Å². The Kier molecular flexibility index (Phi) is 10.2. The zero-order valence-corrected chi connectivity index (χ0v) is 19.3. The van der Waals surface area contributed by atoms with Crippen molar-refractivity contribution in [2.24, 2.45) is 16.1 Å². The molecule has 6 heteroatoms. The summed E-state index contributed by atoms with van der Waals surface area (Å²) in [4.78, 5) is 15.9. The predicted octanol–water partition coefficient (Wildman–Crippen LogP) is 3.21. The summed E-state index contributed by atoms with van der Waals surface area (Å²) in [6.45, 7) is 14.2. The molecule has 0 aromatic heterocycles. The SMILES string of the molecule is CCNC(=NCC(C)(C)C(N)=O)NCCc1ccc(C(C)(C)C)cc1.I. The van der Waals surface area contributed by atoms with E-state index in [1.54, 1.807) is 13.8 Å². The molecule has 0 radical (unpaired) electrons. The Morgan fingerprint density at radius 2 is 1.65 bits per heavy atom. The molecule has 0 saturated carbocycles. The van der Waals surface area contributed by atoms with Gasteiger partial charge in [0.05, 0.1) is 12.0 Å². The molecule has 0 saturated heterocycles. The van der Waals surface area contributed by atoms with Gasteiger partial charge in [-0.1, -0.05) is 45.0 Å². The van der Waals surface area contributed by atoms with E-state index in [1.165, 1.54) is 11.1 Å². The van der Waals surface area contributed by atoms with E-state index in [2.05, 4.69) is 60.7 Å². The number of amides is 1. The number of carbonyl (C=O) groups excluding carboxylic acids is 1. The normalized spacial score (nSPS) is 12.3. The van der Waals surface area contributed by atoms with Crippen LogP contribution in [0.2, 0.25) is 0 Å². The maximum atomic E-state index is 11.4. The van der Waals surface area contributed by atoms with Crippen molar-refractivity contribution in [3.63, 3.8) is 0 Å². The molecule has 0 fully saturated rings. The summed E-state index contributed by atoms with van der Waals surface area (Å²) in [5.74, 6) is 0.370. The van der Waals surface area contributed by atoms with Gasteiger partial charge in [-0.25, -0.2) is 0 Å². The van der Waals surface area contributed by atoms with Crippen LogP contribution < -0.4 is 16.4 Å². The lowest BCUT2D eigenvalue weighted by molar-refractivity contribution is -0.125. The molecule has 1 amide bonds. The van der Waals surface area contributed by atoms with Crippen LogP contribution in [-0.2, 0) is 16.6 Å². The molecule has 0 unspecified atom stereocenters. The second-order valence-corrected chi connectivity index (χ2v) is 8.07. The van der Waals surface area contributed by atoms with Gasteiger partial charge in [0.25, 0.3) is 0 Å². The minimum atomic E-state index is -0.648. The Hall–Kier alpha value is -1.31. The van der Waals surface area contributed by atoms with Gasteiger partial charge in [0.15, 0.2) is 5.96 Å². The molecule has 0 bridgehead atoms. The number of nitrogens with two attached hydrogens (primary N) is 1. The zero-order chi connectivity index (χ0) is 19.1. The number of nitrogens with one attached hydrogen (secondary N) is 2. The number of guanidine groups is 1. The number of rotatable bonds is 7. The number of halogens is 1. The molecule has 26 heavy (non-hydrogen) atoms. The van der Waals surface area contributed by atoms with Crippen LogP contribution in [0.5, 0.6) is 0 Å². The molecule has 0 heterocycles. The molecule has 1 aromatic carbocycles. The molecule has 0 spiro atoms. The van der Waals surface area contributed by atoms with Crippen molar-refractivity contribution in [3.05, 3.63) is 35.4 Å². The van der Waals surface area contributed by atoms with Crippen molar-refractivity contribution in [2.75, 3.05) is 19.6 Å². The summed E-state index contributed by atoms with van der Waals surface area (Å²) in [5.41, 5.74) is 7.55. The molecule has 0 atom stereocenters. The highest BCUT2D eigenvalue weighted by molar-refractivity contribution is 14.0. The number of carbonyl (C=O) groups is 1. The minimum absolute atomic E-state index is 0. The summed E-state index contributed by atoms with van der Waals surface area (Å²) in [6, 6.07) is 8.76. The van der Waals surface area contributed by atoms with Crippen LogP contribution in [-0.4, -0.2) is 31.5 Å². The molecule has 5 nitrogen and oxygen atoms in total. The molecule has 148 valence electrons. The smallest absolute Gasteiger partial charge is 0.224 e. The lowest BCUT2D eigenvalue weighted by Gasteiger charge is -2.20. The molecular formula is C20H35IN4O. The fourth-order valence-electron chi connectivity index (χ4n) is 2.19. The second kappa shape index (κ2) is 10.7. The zero-order valence-electron chi connectivity index (χ0n) is 17.0. The summed E-state index contributed by atoms with van der Waals surface area (Å²) >= 11 is 0. The first-order valence-corrected chi connectivity index (χ1v) is 8.98. The van der Waals surface area contributed by atoms with Crippen LogP contribution >= 0.6 is 24.0 Å².